The molecular formula is C17H28ClN3O. The molecule has 0 fully saturated rings. The smallest absolute Gasteiger partial charge is 0.213 e. The molecule has 0 saturated heterocycles. The van der Waals surface area contributed by atoms with Crippen LogP contribution in [0.1, 0.15) is 62.9 Å². The van der Waals surface area contributed by atoms with Gasteiger partial charge in [-0.15, -0.1) is 12.4 Å². The van der Waals surface area contributed by atoms with E-state index in [1.165, 1.54) is 44.1 Å². The number of oxazole rings is 1. The van der Waals surface area contributed by atoms with Crippen molar-refractivity contribution in [2.24, 2.45) is 11.5 Å². The molecule has 22 heavy (non-hydrogen) atoms. The van der Waals surface area contributed by atoms with Gasteiger partial charge in [-0.2, -0.15) is 0 Å². The summed E-state index contributed by atoms with van der Waals surface area (Å²) in [7, 11) is 0. The summed E-state index contributed by atoms with van der Waals surface area (Å²) < 4.78 is 5.70. The highest BCUT2D eigenvalue weighted by Gasteiger charge is 2.14. The Labute approximate surface area is 139 Å². The molecular weight excluding hydrogens is 298 g/mol. The second-order valence-corrected chi connectivity index (χ2v) is 5.68. The summed E-state index contributed by atoms with van der Waals surface area (Å²) in [6.45, 7) is 2.59. The van der Waals surface area contributed by atoms with Gasteiger partial charge in [0.15, 0.2) is 5.58 Å². The van der Waals surface area contributed by atoms with E-state index in [1.54, 1.807) is 0 Å². The maximum absolute atomic E-state index is 5.90. The fourth-order valence-corrected chi connectivity index (χ4v) is 2.58. The summed E-state index contributed by atoms with van der Waals surface area (Å²) in [5, 5.41) is 0. The molecule has 2 rings (SSSR count). The number of para-hydroxylation sites is 1. The van der Waals surface area contributed by atoms with Crippen molar-refractivity contribution >= 4 is 23.5 Å². The Morgan fingerprint density at radius 2 is 1.86 bits per heavy atom. The second-order valence-electron chi connectivity index (χ2n) is 5.68. The third kappa shape index (κ3) is 4.97. The first-order valence-electron chi connectivity index (χ1n) is 8.10. The monoisotopic (exact) mass is 325 g/mol. The van der Waals surface area contributed by atoms with E-state index >= 15 is 0 Å². The normalized spacial score (nSPS) is 12.3. The minimum Gasteiger partial charge on any atom is -0.439 e. The van der Waals surface area contributed by atoms with Crippen molar-refractivity contribution in [3.8, 4) is 0 Å². The largest absolute Gasteiger partial charge is 0.439 e. The number of nitrogens with zero attached hydrogens (tertiary/aromatic N) is 1. The van der Waals surface area contributed by atoms with Gasteiger partial charge in [-0.05, 0) is 24.5 Å². The van der Waals surface area contributed by atoms with Crippen LogP contribution in [0.3, 0.4) is 0 Å². The number of aromatic nitrogens is 1. The number of halogens is 1. The van der Waals surface area contributed by atoms with E-state index in [0.29, 0.717) is 12.4 Å². The molecule has 1 atom stereocenters. The van der Waals surface area contributed by atoms with E-state index in [0.717, 1.165) is 17.5 Å². The van der Waals surface area contributed by atoms with Crippen LogP contribution in [0.2, 0.25) is 0 Å². The molecule has 0 spiro atoms. The van der Waals surface area contributed by atoms with Crippen LogP contribution in [0.5, 0.6) is 0 Å². The lowest BCUT2D eigenvalue weighted by atomic mass is 10.0. The first-order chi connectivity index (χ1) is 10.3. The van der Waals surface area contributed by atoms with Gasteiger partial charge in [-0.3, -0.25) is 0 Å². The van der Waals surface area contributed by atoms with Gasteiger partial charge in [0, 0.05) is 6.54 Å². The van der Waals surface area contributed by atoms with Crippen LogP contribution in [0.4, 0.5) is 0 Å². The molecule has 0 amide bonds. The van der Waals surface area contributed by atoms with Crippen LogP contribution < -0.4 is 11.5 Å². The fraction of sp³-hybridized carbons (Fsp3) is 0.588. The molecule has 0 saturated carbocycles. The number of hydrogen-bond donors (Lipinski definition) is 2. The summed E-state index contributed by atoms with van der Waals surface area (Å²) >= 11 is 0. The van der Waals surface area contributed by atoms with Gasteiger partial charge in [0.25, 0.3) is 0 Å². The highest BCUT2D eigenvalue weighted by Crippen LogP contribution is 2.23. The van der Waals surface area contributed by atoms with E-state index < -0.39 is 0 Å². The molecule has 0 aliphatic heterocycles. The van der Waals surface area contributed by atoms with Crippen molar-refractivity contribution in [1.29, 1.82) is 0 Å². The number of rotatable bonds is 9. The summed E-state index contributed by atoms with van der Waals surface area (Å²) in [5.41, 5.74) is 14.5. The average molecular weight is 326 g/mol. The topological polar surface area (TPSA) is 78.1 Å². The average Bonchev–Trinajstić information content (AvgIpc) is 2.94. The van der Waals surface area contributed by atoms with Gasteiger partial charge in [0.2, 0.25) is 5.89 Å². The van der Waals surface area contributed by atoms with Gasteiger partial charge in [-0.1, -0.05) is 51.2 Å². The molecule has 4 nitrogen and oxygen atoms in total. The SMILES string of the molecule is CCCCCCCCc1cccc2oc(C(N)CN)nc12.Cl. The molecule has 1 aromatic heterocycles. The van der Waals surface area contributed by atoms with Gasteiger partial charge in [-0.25, -0.2) is 4.98 Å². The van der Waals surface area contributed by atoms with Crippen LogP contribution in [0.15, 0.2) is 22.6 Å². The third-order valence-electron chi connectivity index (χ3n) is 3.89. The molecule has 0 radical (unpaired) electrons. The minimum absolute atomic E-state index is 0. The van der Waals surface area contributed by atoms with Crippen molar-refractivity contribution in [3.63, 3.8) is 0 Å². The van der Waals surface area contributed by atoms with Crippen LogP contribution in [-0.2, 0) is 6.42 Å². The minimum atomic E-state index is -0.320. The van der Waals surface area contributed by atoms with Gasteiger partial charge in [0.1, 0.15) is 5.52 Å². The Hall–Kier alpha value is -1.10. The number of unbranched alkanes of at least 4 members (excludes halogenated alkanes) is 5. The third-order valence-corrected chi connectivity index (χ3v) is 3.89. The summed E-state index contributed by atoms with van der Waals surface area (Å²) in [6.07, 6.45) is 8.85. The number of benzene rings is 1. The number of aryl methyl sites for hydroxylation is 1. The fourth-order valence-electron chi connectivity index (χ4n) is 2.58. The molecule has 0 aliphatic carbocycles. The lowest BCUT2D eigenvalue weighted by Gasteiger charge is -2.02. The van der Waals surface area contributed by atoms with E-state index in [2.05, 4.69) is 18.0 Å². The summed E-state index contributed by atoms with van der Waals surface area (Å²) in [4.78, 5) is 4.54. The van der Waals surface area contributed by atoms with Gasteiger partial charge in [0.05, 0.1) is 6.04 Å². The van der Waals surface area contributed by atoms with Gasteiger partial charge < -0.3 is 15.9 Å². The standard InChI is InChI=1S/C17H27N3O.ClH/c1-2-3-4-5-6-7-9-13-10-8-11-15-16(13)20-17(21-15)14(19)12-18;/h8,10-11,14H,2-7,9,12,18-19H2,1H3;1H. The molecule has 2 aromatic rings. The Bertz CT molecular complexity index is 556. The lowest BCUT2D eigenvalue weighted by molar-refractivity contribution is 0.480. The van der Waals surface area contributed by atoms with Crippen molar-refractivity contribution in [3.05, 3.63) is 29.7 Å². The highest BCUT2D eigenvalue weighted by atomic mass is 35.5. The van der Waals surface area contributed by atoms with E-state index in [1.807, 2.05) is 12.1 Å². The van der Waals surface area contributed by atoms with Crippen LogP contribution in [-0.4, -0.2) is 11.5 Å². The Morgan fingerprint density at radius 1 is 1.14 bits per heavy atom. The summed E-state index contributed by atoms with van der Waals surface area (Å²) in [5.74, 6) is 0.544. The first kappa shape index (κ1) is 18.9. The zero-order valence-electron chi connectivity index (χ0n) is 13.4. The quantitative estimate of drug-likeness (QED) is 0.680. The van der Waals surface area contributed by atoms with Crippen LogP contribution in [0.25, 0.3) is 11.1 Å². The molecule has 0 bridgehead atoms. The first-order valence-corrected chi connectivity index (χ1v) is 8.10. The van der Waals surface area contributed by atoms with E-state index in [9.17, 15) is 0 Å². The molecule has 124 valence electrons. The van der Waals surface area contributed by atoms with Crippen LogP contribution in [0, 0.1) is 0 Å². The number of nitrogens with two attached hydrogens (primary N) is 2. The van der Waals surface area contributed by atoms with Crippen molar-refractivity contribution in [1.82, 2.24) is 4.98 Å². The number of hydrogen-bond acceptors (Lipinski definition) is 4. The molecule has 4 N–H and O–H groups in total. The van der Waals surface area contributed by atoms with Crippen molar-refractivity contribution in [2.45, 2.75) is 57.9 Å². The molecule has 1 aromatic carbocycles. The molecule has 5 heteroatoms. The van der Waals surface area contributed by atoms with Gasteiger partial charge >= 0.3 is 0 Å². The molecule has 1 heterocycles. The zero-order valence-corrected chi connectivity index (χ0v) is 14.2. The lowest BCUT2D eigenvalue weighted by Crippen LogP contribution is -2.20. The predicted octanol–water partition coefficient (Wildman–Crippen LogP) is 4.11. The Morgan fingerprint density at radius 3 is 2.59 bits per heavy atom. The number of fused-ring (bicyclic) bond motifs is 1. The Balaban J connectivity index is 0.00000242. The Kier molecular flexibility index (Phi) is 8.46. The molecule has 1 unspecified atom stereocenters. The van der Waals surface area contributed by atoms with Crippen LogP contribution >= 0.6 is 12.4 Å². The van der Waals surface area contributed by atoms with Crippen molar-refractivity contribution < 1.29 is 4.42 Å². The maximum atomic E-state index is 5.90. The predicted molar refractivity (Wildman–Crippen MR) is 94.3 cm³/mol. The zero-order chi connectivity index (χ0) is 15.1. The van der Waals surface area contributed by atoms with E-state index in [-0.39, 0.29) is 18.4 Å². The second kappa shape index (κ2) is 9.82. The van der Waals surface area contributed by atoms with Crippen molar-refractivity contribution in [2.75, 3.05) is 6.54 Å². The molecule has 0 aliphatic rings. The summed E-state index contributed by atoms with van der Waals surface area (Å²) in [6, 6.07) is 5.78. The van der Waals surface area contributed by atoms with E-state index in [4.69, 9.17) is 15.9 Å². The maximum Gasteiger partial charge on any atom is 0.213 e. The highest BCUT2D eigenvalue weighted by molar-refractivity contribution is 5.85.